The standard InChI is InChI=1S/C24H50O3Si/c1-5-6-7-8-9-10-11-12-13-14-15-16-17-18-19-20-22-27-23-21-24-28(4,25-2)26-3/h12-13H,5-11,14-24H2,1-4H3/b13-12-. The van der Waals surface area contributed by atoms with Gasteiger partial charge in [0.25, 0.3) is 0 Å². The summed E-state index contributed by atoms with van der Waals surface area (Å²) < 4.78 is 16.7. The van der Waals surface area contributed by atoms with Gasteiger partial charge in [-0.3, -0.25) is 0 Å². The van der Waals surface area contributed by atoms with Gasteiger partial charge in [-0.2, -0.15) is 0 Å². The highest BCUT2D eigenvalue weighted by atomic mass is 28.4. The average molecular weight is 415 g/mol. The highest BCUT2D eigenvalue weighted by Gasteiger charge is 2.27. The molecule has 0 unspecified atom stereocenters. The molecule has 0 aliphatic carbocycles. The third-order valence-electron chi connectivity index (χ3n) is 5.58. The second-order valence-corrected chi connectivity index (χ2v) is 11.8. The van der Waals surface area contributed by atoms with Crippen molar-refractivity contribution < 1.29 is 13.6 Å². The Kier molecular flexibility index (Phi) is 21.4. The summed E-state index contributed by atoms with van der Waals surface area (Å²) in [6, 6.07) is 1.01. The van der Waals surface area contributed by atoms with E-state index in [4.69, 9.17) is 13.6 Å². The Morgan fingerprint density at radius 1 is 0.607 bits per heavy atom. The second-order valence-electron chi connectivity index (χ2n) is 8.20. The van der Waals surface area contributed by atoms with E-state index in [1.165, 1.54) is 89.9 Å². The Hall–Kier alpha value is -0.163. The highest BCUT2D eigenvalue weighted by molar-refractivity contribution is 6.65. The van der Waals surface area contributed by atoms with E-state index in [2.05, 4.69) is 25.6 Å². The van der Waals surface area contributed by atoms with Gasteiger partial charge >= 0.3 is 8.56 Å². The minimum Gasteiger partial charge on any atom is -0.398 e. The van der Waals surface area contributed by atoms with Crippen LogP contribution < -0.4 is 0 Å². The van der Waals surface area contributed by atoms with Crippen molar-refractivity contribution in [1.29, 1.82) is 0 Å². The predicted octanol–water partition coefficient (Wildman–Crippen LogP) is 7.80. The molecule has 0 fully saturated rings. The maximum atomic E-state index is 5.74. The van der Waals surface area contributed by atoms with Crippen molar-refractivity contribution in [2.45, 2.75) is 116 Å². The molecule has 0 bridgehead atoms. The third kappa shape index (κ3) is 19.2. The van der Waals surface area contributed by atoms with Crippen molar-refractivity contribution in [2.75, 3.05) is 27.4 Å². The van der Waals surface area contributed by atoms with Gasteiger partial charge in [-0.15, -0.1) is 0 Å². The van der Waals surface area contributed by atoms with Crippen molar-refractivity contribution in [3.05, 3.63) is 12.2 Å². The number of unbranched alkanes of at least 4 members (excludes halogenated alkanes) is 12. The third-order valence-corrected chi connectivity index (χ3v) is 8.57. The lowest BCUT2D eigenvalue weighted by Gasteiger charge is -2.22. The molecule has 0 heterocycles. The fourth-order valence-corrected chi connectivity index (χ4v) is 4.70. The van der Waals surface area contributed by atoms with Crippen LogP contribution in [0.3, 0.4) is 0 Å². The van der Waals surface area contributed by atoms with Crippen LogP contribution in [-0.4, -0.2) is 36.0 Å². The molecule has 0 aliphatic heterocycles. The summed E-state index contributed by atoms with van der Waals surface area (Å²) >= 11 is 0. The van der Waals surface area contributed by atoms with Crippen LogP contribution in [0.4, 0.5) is 0 Å². The minimum absolute atomic E-state index is 0.834. The van der Waals surface area contributed by atoms with Crippen molar-refractivity contribution >= 4 is 8.56 Å². The average Bonchev–Trinajstić information content (AvgIpc) is 2.72. The lowest BCUT2D eigenvalue weighted by atomic mass is 10.1. The van der Waals surface area contributed by atoms with Crippen LogP contribution in [-0.2, 0) is 13.6 Å². The van der Waals surface area contributed by atoms with Crippen LogP contribution >= 0.6 is 0 Å². The lowest BCUT2D eigenvalue weighted by molar-refractivity contribution is 0.127. The molecule has 0 aromatic heterocycles. The van der Waals surface area contributed by atoms with E-state index in [9.17, 15) is 0 Å². The van der Waals surface area contributed by atoms with Crippen molar-refractivity contribution in [2.24, 2.45) is 0 Å². The maximum Gasteiger partial charge on any atom is 0.334 e. The fraction of sp³-hybridized carbons (Fsp3) is 0.917. The first-order chi connectivity index (χ1) is 13.7. The molecule has 0 atom stereocenters. The second kappa shape index (κ2) is 21.5. The number of hydrogen-bond donors (Lipinski definition) is 0. The Morgan fingerprint density at radius 3 is 1.61 bits per heavy atom. The van der Waals surface area contributed by atoms with Crippen LogP contribution in [0.25, 0.3) is 0 Å². The largest absolute Gasteiger partial charge is 0.398 e. The lowest BCUT2D eigenvalue weighted by Crippen LogP contribution is -2.36. The monoisotopic (exact) mass is 414 g/mol. The van der Waals surface area contributed by atoms with Crippen LogP contribution in [0.5, 0.6) is 0 Å². The minimum atomic E-state index is -1.90. The van der Waals surface area contributed by atoms with Gasteiger partial charge in [-0.1, -0.05) is 76.9 Å². The topological polar surface area (TPSA) is 27.7 Å². The van der Waals surface area contributed by atoms with E-state index in [1.807, 2.05) is 0 Å². The molecule has 0 aromatic carbocycles. The molecule has 0 radical (unpaired) electrons. The molecule has 0 aliphatic rings. The highest BCUT2D eigenvalue weighted by Crippen LogP contribution is 2.14. The Morgan fingerprint density at radius 2 is 1.07 bits per heavy atom. The maximum absolute atomic E-state index is 5.74. The number of ether oxygens (including phenoxy) is 1. The van der Waals surface area contributed by atoms with Crippen LogP contribution in [0.15, 0.2) is 12.2 Å². The van der Waals surface area contributed by atoms with Gasteiger partial charge in [0, 0.05) is 27.4 Å². The smallest absolute Gasteiger partial charge is 0.334 e. The summed E-state index contributed by atoms with van der Waals surface area (Å²) in [7, 11) is 1.61. The normalized spacial score (nSPS) is 12.3. The molecule has 0 spiro atoms. The van der Waals surface area contributed by atoms with Gasteiger partial charge in [0.05, 0.1) is 0 Å². The SMILES string of the molecule is CCCCCCCC/C=C\CCCCCCCCOCCC[Si](C)(OC)OC. The molecule has 168 valence electrons. The van der Waals surface area contributed by atoms with E-state index in [-0.39, 0.29) is 0 Å². The number of rotatable bonds is 22. The molecule has 0 amide bonds. The van der Waals surface area contributed by atoms with E-state index in [1.54, 1.807) is 14.2 Å². The van der Waals surface area contributed by atoms with Gasteiger partial charge in [0.1, 0.15) is 0 Å². The quantitative estimate of drug-likeness (QED) is 0.103. The Labute approximate surface area is 177 Å². The zero-order valence-corrected chi connectivity index (χ0v) is 20.6. The molecular weight excluding hydrogens is 364 g/mol. The van der Waals surface area contributed by atoms with Crippen molar-refractivity contribution in [1.82, 2.24) is 0 Å². The first-order valence-electron chi connectivity index (χ1n) is 12.0. The summed E-state index contributed by atoms with van der Waals surface area (Å²) in [5, 5.41) is 0. The molecule has 0 saturated carbocycles. The van der Waals surface area contributed by atoms with Crippen molar-refractivity contribution in [3.8, 4) is 0 Å². The number of hydrogen-bond acceptors (Lipinski definition) is 3. The number of allylic oxidation sites excluding steroid dienone is 2. The molecule has 4 heteroatoms. The van der Waals surface area contributed by atoms with Crippen LogP contribution in [0.2, 0.25) is 12.6 Å². The van der Waals surface area contributed by atoms with Gasteiger partial charge < -0.3 is 13.6 Å². The molecule has 0 saturated heterocycles. The fourth-order valence-electron chi connectivity index (χ4n) is 3.34. The van der Waals surface area contributed by atoms with E-state index in [0.29, 0.717) is 0 Å². The van der Waals surface area contributed by atoms with Crippen molar-refractivity contribution in [3.63, 3.8) is 0 Å². The van der Waals surface area contributed by atoms with Crippen LogP contribution in [0.1, 0.15) is 103 Å². The van der Waals surface area contributed by atoms with E-state index in [0.717, 1.165) is 25.7 Å². The first kappa shape index (κ1) is 27.8. The summed E-state index contributed by atoms with van der Waals surface area (Å²) in [6.45, 7) is 6.13. The molecule has 0 N–H and O–H groups in total. The Bertz CT molecular complexity index is 330. The van der Waals surface area contributed by atoms with Gasteiger partial charge in [-0.25, -0.2) is 0 Å². The summed E-state index contributed by atoms with van der Waals surface area (Å²) in [6.07, 6.45) is 24.7. The van der Waals surface area contributed by atoms with Crippen LogP contribution in [0, 0.1) is 0 Å². The van der Waals surface area contributed by atoms with Gasteiger partial charge in [0.15, 0.2) is 0 Å². The Balaban J connectivity index is 3.18. The summed E-state index contributed by atoms with van der Waals surface area (Å²) in [4.78, 5) is 0. The molecule has 0 rings (SSSR count). The van der Waals surface area contributed by atoms with E-state index >= 15 is 0 Å². The first-order valence-corrected chi connectivity index (χ1v) is 14.5. The molecule has 28 heavy (non-hydrogen) atoms. The van der Waals surface area contributed by atoms with E-state index < -0.39 is 8.56 Å². The zero-order valence-electron chi connectivity index (χ0n) is 19.6. The summed E-state index contributed by atoms with van der Waals surface area (Å²) in [5.74, 6) is 0. The molecular formula is C24H50O3Si. The zero-order chi connectivity index (χ0) is 20.8. The summed E-state index contributed by atoms with van der Waals surface area (Å²) in [5.41, 5.74) is 0. The molecule has 3 nitrogen and oxygen atoms in total. The predicted molar refractivity (Wildman–Crippen MR) is 125 cm³/mol. The molecule has 0 aromatic rings. The van der Waals surface area contributed by atoms with Gasteiger partial charge in [-0.05, 0) is 51.1 Å². The van der Waals surface area contributed by atoms with Gasteiger partial charge in [0.2, 0.25) is 0 Å².